The third-order valence-corrected chi connectivity index (χ3v) is 2.21. The molecule has 2 heterocycles. The maximum Gasteiger partial charge on any atom is 0.251 e. The van der Waals surface area contributed by atoms with Gasteiger partial charge in [0.15, 0.2) is 0 Å². The van der Waals surface area contributed by atoms with E-state index in [1.165, 1.54) is 10.6 Å². The fourth-order valence-electron chi connectivity index (χ4n) is 1.54. The SMILES string of the molecule is O=C1NCCC1n1ccccc1=O. The van der Waals surface area contributed by atoms with Crippen molar-refractivity contribution in [3.05, 3.63) is 34.7 Å². The van der Waals surface area contributed by atoms with Crippen molar-refractivity contribution in [3.8, 4) is 0 Å². The molecule has 4 heteroatoms. The lowest BCUT2D eigenvalue weighted by Gasteiger charge is -2.09. The monoisotopic (exact) mass is 178 g/mol. The molecule has 1 saturated heterocycles. The minimum Gasteiger partial charge on any atom is -0.354 e. The minimum absolute atomic E-state index is 0.0618. The van der Waals surface area contributed by atoms with Gasteiger partial charge < -0.3 is 9.88 Å². The van der Waals surface area contributed by atoms with Gasteiger partial charge in [-0.05, 0) is 12.5 Å². The van der Waals surface area contributed by atoms with Crippen molar-refractivity contribution in [3.63, 3.8) is 0 Å². The molecule has 1 aliphatic heterocycles. The molecule has 0 saturated carbocycles. The number of pyridine rings is 1. The Morgan fingerprint density at radius 3 is 2.85 bits per heavy atom. The first-order chi connectivity index (χ1) is 6.29. The number of aromatic nitrogens is 1. The average molecular weight is 178 g/mol. The minimum atomic E-state index is -0.311. The van der Waals surface area contributed by atoms with Gasteiger partial charge in [-0.15, -0.1) is 0 Å². The lowest BCUT2D eigenvalue weighted by molar-refractivity contribution is -0.121. The summed E-state index contributed by atoms with van der Waals surface area (Å²) in [6.45, 7) is 0.658. The number of carbonyl (C=O) groups is 1. The van der Waals surface area contributed by atoms with E-state index >= 15 is 0 Å². The van der Waals surface area contributed by atoms with Crippen LogP contribution in [0.25, 0.3) is 0 Å². The summed E-state index contributed by atoms with van der Waals surface area (Å²) < 4.78 is 1.47. The summed E-state index contributed by atoms with van der Waals surface area (Å²) in [5.74, 6) is -0.0618. The van der Waals surface area contributed by atoms with Crippen LogP contribution in [0.4, 0.5) is 0 Å². The number of rotatable bonds is 1. The maximum atomic E-state index is 11.3. The number of nitrogens with zero attached hydrogens (tertiary/aromatic N) is 1. The van der Waals surface area contributed by atoms with Crippen LogP contribution in [0.5, 0.6) is 0 Å². The van der Waals surface area contributed by atoms with Crippen molar-refractivity contribution in [2.24, 2.45) is 0 Å². The molecule has 4 nitrogen and oxygen atoms in total. The van der Waals surface area contributed by atoms with E-state index in [4.69, 9.17) is 0 Å². The van der Waals surface area contributed by atoms with E-state index in [0.29, 0.717) is 13.0 Å². The van der Waals surface area contributed by atoms with E-state index in [0.717, 1.165) is 0 Å². The summed E-state index contributed by atoms with van der Waals surface area (Å²) in [7, 11) is 0. The lowest BCUT2D eigenvalue weighted by atomic mass is 10.2. The Labute approximate surface area is 75.2 Å². The molecule has 1 aliphatic rings. The standard InChI is InChI=1S/C9H10N2O2/c12-8-3-1-2-6-11(8)7-4-5-10-9(7)13/h1-3,6-7H,4-5H2,(H,10,13). The molecule has 13 heavy (non-hydrogen) atoms. The highest BCUT2D eigenvalue weighted by Gasteiger charge is 2.25. The van der Waals surface area contributed by atoms with Crippen LogP contribution >= 0.6 is 0 Å². The molecule has 1 amide bonds. The summed E-state index contributed by atoms with van der Waals surface area (Å²) in [6.07, 6.45) is 2.35. The summed E-state index contributed by atoms with van der Waals surface area (Å²) in [4.78, 5) is 22.6. The van der Waals surface area contributed by atoms with Crippen molar-refractivity contribution < 1.29 is 4.79 Å². The van der Waals surface area contributed by atoms with E-state index in [1.807, 2.05) is 0 Å². The molecule has 1 aromatic rings. The van der Waals surface area contributed by atoms with Crippen molar-refractivity contribution in [2.75, 3.05) is 6.54 Å². The molecule has 1 fully saturated rings. The van der Waals surface area contributed by atoms with Gasteiger partial charge in [0.05, 0.1) is 0 Å². The zero-order valence-electron chi connectivity index (χ0n) is 7.06. The predicted molar refractivity (Wildman–Crippen MR) is 47.4 cm³/mol. The molecule has 1 unspecified atom stereocenters. The highest BCUT2D eigenvalue weighted by atomic mass is 16.2. The van der Waals surface area contributed by atoms with Gasteiger partial charge in [-0.3, -0.25) is 9.59 Å². The highest BCUT2D eigenvalue weighted by Crippen LogP contribution is 2.13. The molecule has 0 aliphatic carbocycles. The second-order valence-corrected chi connectivity index (χ2v) is 3.04. The Morgan fingerprint density at radius 2 is 2.23 bits per heavy atom. The van der Waals surface area contributed by atoms with E-state index in [2.05, 4.69) is 5.32 Å². The Morgan fingerprint density at radius 1 is 1.38 bits per heavy atom. The van der Waals surface area contributed by atoms with Gasteiger partial charge in [0, 0.05) is 18.8 Å². The van der Waals surface area contributed by atoms with Crippen molar-refractivity contribution in [1.29, 1.82) is 0 Å². The molecule has 2 rings (SSSR count). The smallest absolute Gasteiger partial charge is 0.251 e. The van der Waals surface area contributed by atoms with Crippen molar-refractivity contribution in [2.45, 2.75) is 12.5 Å². The second kappa shape index (κ2) is 3.05. The summed E-state index contributed by atoms with van der Waals surface area (Å²) in [5.41, 5.74) is -0.121. The largest absolute Gasteiger partial charge is 0.354 e. The third kappa shape index (κ3) is 1.35. The highest BCUT2D eigenvalue weighted by molar-refractivity contribution is 5.82. The first-order valence-electron chi connectivity index (χ1n) is 4.24. The molecule has 1 N–H and O–H groups in total. The summed E-state index contributed by atoms with van der Waals surface area (Å²) >= 11 is 0. The third-order valence-electron chi connectivity index (χ3n) is 2.21. The number of nitrogens with one attached hydrogen (secondary N) is 1. The van der Waals surface area contributed by atoms with Crippen LogP contribution < -0.4 is 10.9 Å². The van der Waals surface area contributed by atoms with Crippen LogP contribution in [0, 0.1) is 0 Å². The normalized spacial score (nSPS) is 21.5. The number of amides is 1. The molecule has 1 atom stereocenters. The van der Waals surface area contributed by atoms with Gasteiger partial charge in [-0.1, -0.05) is 6.07 Å². The van der Waals surface area contributed by atoms with Gasteiger partial charge in [0.2, 0.25) is 5.91 Å². The van der Waals surface area contributed by atoms with Crippen LogP contribution in [-0.4, -0.2) is 17.0 Å². The van der Waals surface area contributed by atoms with Gasteiger partial charge in [-0.2, -0.15) is 0 Å². The number of hydrogen-bond acceptors (Lipinski definition) is 2. The van der Waals surface area contributed by atoms with Crippen LogP contribution in [0.2, 0.25) is 0 Å². The van der Waals surface area contributed by atoms with E-state index in [-0.39, 0.29) is 17.5 Å². The molecular weight excluding hydrogens is 168 g/mol. The molecule has 68 valence electrons. The molecule has 0 aromatic carbocycles. The van der Waals surface area contributed by atoms with Crippen molar-refractivity contribution >= 4 is 5.91 Å². The maximum absolute atomic E-state index is 11.3. The summed E-state index contributed by atoms with van der Waals surface area (Å²) in [6, 6.07) is 4.58. The topological polar surface area (TPSA) is 51.1 Å². The lowest BCUT2D eigenvalue weighted by Crippen LogP contribution is -2.28. The molecule has 1 aromatic heterocycles. The first-order valence-corrected chi connectivity index (χ1v) is 4.24. The molecular formula is C9H10N2O2. The van der Waals surface area contributed by atoms with E-state index < -0.39 is 0 Å². The van der Waals surface area contributed by atoms with Crippen LogP contribution in [0.15, 0.2) is 29.2 Å². The average Bonchev–Trinajstić information content (AvgIpc) is 2.52. The molecule has 0 spiro atoms. The summed E-state index contributed by atoms with van der Waals surface area (Å²) in [5, 5.41) is 2.70. The fraction of sp³-hybridized carbons (Fsp3) is 0.333. The van der Waals surface area contributed by atoms with E-state index in [9.17, 15) is 9.59 Å². The van der Waals surface area contributed by atoms with Gasteiger partial charge in [0.25, 0.3) is 5.56 Å². The predicted octanol–water partition coefficient (Wildman–Crippen LogP) is -0.0907. The van der Waals surface area contributed by atoms with Crippen molar-refractivity contribution in [1.82, 2.24) is 9.88 Å². The van der Waals surface area contributed by atoms with Crippen LogP contribution in [0.1, 0.15) is 12.5 Å². The Hall–Kier alpha value is -1.58. The van der Waals surface area contributed by atoms with E-state index in [1.54, 1.807) is 18.3 Å². The second-order valence-electron chi connectivity index (χ2n) is 3.04. The Bertz CT molecular complexity index is 383. The molecule has 0 radical (unpaired) electrons. The quantitative estimate of drug-likeness (QED) is 0.653. The zero-order chi connectivity index (χ0) is 9.26. The number of carbonyl (C=O) groups excluding carboxylic acids is 1. The van der Waals surface area contributed by atoms with Crippen LogP contribution in [-0.2, 0) is 4.79 Å². The fourth-order valence-corrected chi connectivity index (χ4v) is 1.54. The number of hydrogen-bond donors (Lipinski definition) is 1. The van der Waals surface area contributed by atoms with Gasteiger partial charge in [-0.25, -0.2) is 0 Å². The zero-order valence-corrected chi connectivity index (χ0v) is 7.06. The van der Waals surface area contributed by atoms with Gasteiger partial charge in [0.1, 0.15) is 6.04 Å². The molecule has 0 bridgehead atoms. The first kappa shape index (κ1) is 8.04. The van der Waals surface area contributed by atoms with Gasteiger partial charge >= 0.3 is 0 Å². The Kier molecular flexibility index (Phi) is 1.88. The van der Waals surface area contributed by atoms with Crippen LogP contribution in [0.3, 0.4) is 0 Å². The Balaban J connectivity index is 2.40.